The molecular formula is C17H21F5O. The van der Waals surface area contributed by atoms with Crippen molar-refractivity contribution in [3.63, 3.8) is 0 Å². The predicted molar refractivity (Wildman–Crippen MR) is 78.3 cm³/mol. The zero-order valence-electron chi connectivity index (χ0n) is 13.0. The second-order valence-electron chi connectivity index (χ2n) is 6.04. The highest BCUT2D eigenvalue weighted by molar-refractivity contribution is 5.42. The van der Waals surface area contributed by atoms with E-state index in [-0.39, 0.29) is 6.42 Å². The Kier molecular flexibility index (Phi) is 5.65. The first-order valence-electron chi connectivity index (χ1n) is 7.86. The minimum absolute atomic E-state index is 0.0678. The maximum atomic E-state index is 13.2. The van der Waals surface area contributed by atoms with Crippen LogP contribution in [-0.2, 0) is 4.74 Å². The second kappa shape index (κ2) is 7.16. The number of hydrogen-bond donors (Lipinski definition) is 0. The van der Waals surface area contributed by atoms with E-state index in [2.05, 4.69) is 17.7 Å². The fourth-order valence-electron chi connectivity index (χ4n) is 2.80. The molecule has 0 aromatic rings. The molecular weight excluding hydrogens is 315 g/mol. The second-order valence-corrected chi connectivity index (χ2v) is 6.04. The van der Waals surface area contributed by atoms with Crippen molar-refractivity contribution in [3.8, 4) is 0 Å². The lowest BCUT2D eigenvalue weighted by Gasteiger charge is -2.28. The molecule has 0 radical (unpaired) electrons. The molecule has 6 heteroatoms. The van der Waals surface area contributed by atoms with Gasteiger partial charge in [0.1, 0.15) is 0 Å². The molecule has 0 N–H and O–H groups in total. The van der Waals surface area contributed by atoms with Crippen LogP contribution in [0.5, 0.6) is 0 Å². The van der Waals surface area contributed by atoms with Crippen molar-refractivity contribution in [1.29, 1.82) is 0 Å². The smallest absolute Gasteiger partial charge is 0.308 e. The molecule has 23 heavy (non-hydrogen) atoms. The largest absolute Gasteiger partial charge is 0.422 e. The Hall–Kier alpha value is -1.17. The summed E-state index contributed by atoms with van der Waals surface area (Å²) in [6, 6.07) is 0. The molecule has 2 aliphatic rings. The maximum Gasteiger partial charge on any atom is 0.422 e. The van der Waals surface area contributed by atoms with Crippen LogP contribution < -0.4 is 0 Å². The van der Waals surface area contributed by atoms with Crippen LogP contribution >= 0.6 is 0 Å². The first-order chi connectivity index (χ1) is 10.8. The molecule has 0 aliphatic heterocycles. The van der Waals surface area contributed by atoms with Crippen molar-refractivity contribution < 1.29 is 26.7 Å². The van der Waals surface area contributed by atoms with Gasteiger partial charge in [-0.2, -0.15) is 17.6 Å². The molecule has 1 nitrogen and oxygen atoms in total. The van der Waals surface area contributed by atoms with Gasteiger partial charge in [0.15, 0.2) is 6.67 Å². The van der Waals surface area contributed by atoms with Crippen LogP contribution in [0, 0.1) is 5.92 Å². The zero-order valence-corrected chi connectivity index (χ0v) is 13.0. The van der Waals surface area contributed by atoms with E-state index in [0.29, 0.717) is 5.92 Å². The van der Waals surface area contributed by atoms with Crippen LogP contribution in [0.1, 0.15) is 39.0 Å². The number of alkyl halides is 5. The fraction of sp³-hybridized carbons (Fsp3) is 0.647. The molecule has 0 saturated heterocycles. The van der Waals surface area contributed by atoms with Gasteiger partial charge in [-0.25, -0.2) is 4.39 Å². The minimum atomic E-state index is -4.82. The van der Waals surface area contributed by atoms with Gasteiger partial charge in [0.2, 0.25) is 0 Å². The summed E-state index contributed by atoms with van der Waals surface area (Å²) in [6.45, 7) is -0.304. The summed E-state index contributed by atoms with van der Waals surface area (Å²) < 4.78 is 68.3. The average Bonchev–Trinajstić information content (AvgIpc) is 2.55. The lowest BCUT2D eigenvalue weighted by atomic mass is 9.84. The van der Waals surface area contributed by atoms with Gasteiger partial charge in [-0.3, -0.25) is 0 Å². The molecule has 0 spiro atoms. The van der Waals surface area contributed by atoms with E-state index in [1.807, 2.05) is 0 Å². The van der Waals surface area contributed by atoms with Gasteiger partial charge < -0.3 is 4.74 Å². The average molecular weight is 336 g/mol. The predicted octanol–water partition coefficient (Wildman–Crippen LogP) is 5.59. The Labute approximate surface area is 132 Å². The van der Waals surface area contributed by atoms with Crippen LogP contribution in [0.3, 0.4) is 0 Å². The van der Waals surface area contributed by atoms with E-state index in [0.717, 1.165) is 36.8 Å². The molecule has 2 aliphatic carbocycles. The van der Waals surface area contributed by atoms with E-state index in [9.17, 15) is 22.0 Å². The Balaban J connectivity index is 1.95. The summed E-state index contributed by atoms with van der Waals surface area (Å²) in [7, 11) is 0. The molecule has 2 atom stereocenters. The molecule has 0 saturated carbocycles. The third-order valence-corrected chi connectivity index (χ3v) is 4.42. The lowest BCUT2D eigenvalue weighted by Crippen LogP contribution is -2.46. The first kappa shape index (κ1) is 18.2. The minimum Gasteiger partial charge on any atom is -0.308 e. The topological polar surface area (TPSA) is 9.23 Å². The fourth-order valence-corrected chi connectivity index (χ4v) is 2.80. The summed E-state index contributed by atoms with van der Waals surface area (Å²) in [5.74, 6) is -4.13. The first-order valence-corrected chi connectivity index (χ1v) is 7.86. The van der Waals surface area contributed by atoms with Crippen LogP contribution in [0.4, 0.5) is 22.0 Å². The van der Waals surface area contributed by atoms with Gasteiger partial charge in [0.05, 0.1) is 6.10 Å². The third-order valence-electron chi connectivity index (χ3n) is 4.42. The summed E-state index contributed by atoms with van der Waals surface area (Å²) in [6.07, 6.45) is 5.04. The van der Waals surface area contributed by atoms with Crippen molar-refractivity contribution in [2.24, 2.45) is 5.92 Å². The number of hydrogen-bond acceptors (Lipinski definition) is 1. The van der Waals surface area contributed by atoms with Crippen molar-refractivity contribution in [3.05, 3.63) is 35.5 Å². The van der Waals surface area contributed by atoms with Gasteiger partial charge >= 0.3 is 12.0 Å². The maximum absolute atomic E-state index is 13.2. The van der Waals surface area contributed by atoms with Gasteiger partial charge in [-0.05, 0) is 42.7 Å². The highest BCUT2D eigenvalue weighted by Crippen LogP contribution is 2.38. The van der Waals surface area contributed by atoms with Gasteiger partial charge in [-0.15, -0.1) is 0 Å². The Morgan fingerprint density at radius 1 is 1.17 bits per heavy atom. The van der Waals surface area contributed by atoms with Gasteiger partial charge in [0, 0.05) is 0 Å². The number of allylic oxidation sites excluding steroid dienone is 4. The summed E-state index contributed by atoms with van der Waals surface area (Å²) in [5.41, 5.74) is 2.09. The third kappa shape index (κ3) is 4.22. The van der Waals surface area contributed by atoms with Crippen LogP contribution in [-0.4, -0.2) is 24.8 Å². The van der Waals surface area contributed by atoms with E-state index in [1.165, 1.54) is 6.08 Å². The molecule has 0 aromatic carbocycles. The highest BCUT2D eigenvalue weighted by Gasteiger charge is 2.59. The molecule has 0 bridgehead atoms. The van der Waals surface area contributed by atoms with E-state index in [1.54, 1.807) is 12.2 Å². The van der Waals surface area contributed by atoms with Crippen LogP contribution in [0.2, 0.25) is 0 Å². The Morgan fingerprint density at radius 2 is 1.91 bits per heavy atom. The molecule has 0 amide bonds. The summed E-state index contributed by atoms with van der Waals surface area (Å²) in [4.78, 5) is 0. The Morgan fingerprint density at radius 3 is 2.39 bits per heavy atom. The molecule has 0 heterocycles. The SMILES string of the molecule is CCC1CC=C(C2=CCC(OC(F)(F)C(F)(F)CF)C=C2)CC1. The van der Waals surface area contributed by atoms with E-state index < -0.39 is 24.8 Å². The Bertz CT molecular complexity index is 507. The summed E-state index contributed by atoms with van der Waals surface area (Å²) >= 11 is 0. The molecule has 2 rings (SSSR count). The molecule has 2 unspecified atom stereocenters. The van der Waals surface area contributed by atoms with Crippen molar-refractivity contribution in [2.45, 2.75) is 57.2 Å². The number of ether oxygens (including phenoxy) is 1. The van der Waals surface area contributed by atoms with Crippen molar-refractivity contribution >= 4 is 0 Å². The number of rotatable bonds is 6. The van der Waals surface area contributed by atoms with Crippen molar-refractivity contribution in [1.82, 2.24) is 0 Å². The quantitative estimate of drug-likeness (QED) is 0.574. The monoisotopic (exact) mass is 336 g/mol. The lowest BCUT2D eigenvalue weighted by molar-refractivity contribution is -0.358. The highest BCUT2D eigenvalue weighted by atomic mass is 19.3. The van der Waals surface area contributed by atoms with E-state index >= 15 is 0 Å². The van der Waals surface area contributed by atoms with Crippen molar-refractivity contribution in [2.75, 3.05) is 6.67 Å². The molecule has 0 fully saturated rings. The summed E-state index contributed by atoms with van der Waals surface area (Å²) in [5, 5.41) is 0. The standard InChI is InChI=1S/C17H21F5O/c1-2-12-3-5-13(6-4-12)14-7-9-15(10-8-14)23-17(21,22)16(19,20)11-18/h5,7-9,12,15H,2-4,6,10-11H2,1H3. The molecule has 0 aromatic heterocycles. The van der Waals surface area contributed by atoms with E-state index in [4.69, 9.17) is 0 Å². The molecule has 130 valence electrons. The number of halogens is 5. The normalized spacial score (nSPS) is 26.0. The van der Waals surface area contributed by atoms with Gasteiger partial charge in [0.25, 0.3) is 0 Å². The van der Waals surface area contributed by atoms with Crippen LogP contribution in [0.25, 0.3) is 0 Å². The zero-order chi connectivity index (χ0) is 17.1. The van der Waals surface area contributed by atoms with Gasteiger partial charge in [-0.1, -0.05) is 37.6 Å². The van der Waals surface area contributed by atoms with Crippen LogP contribution in [0.15, 0.2) is 35.5 Å².